The van der Waals surface area contributed by atoms with Gasteiger partial charge in [0.2, 0.25) is 0 Å². The fourth-order valence-corrected chi connectivity index (χ4v) is 1.74. The van der Waals surface area contributed by atoms with Crippen molar-refractivity contribution >= 4 is 11.4 Å². The van der Waals surface area contributed by atoms with Crippen LogP contribution in [0.2, 0.25) is 0 Å². The van der Waals surface area contributed by atoms with Crippen LogP contribution in [0, 0.1) is 17.1 Å². The Morgan fingerprint density at radius 1 is 1.05 bits per heavy atom. The van der Waals surface area contributed by atoms with Gasteiger partial charge in [0, 0.05) is 6.07 Å². The SMILES string of the molecule is COc1ccc(OC)c(Nc2ccc(C#N)cc2F)c1. The minimum absolute atomic E-state index is 0.260. The molecular weight excluding hydrogens is 259 g/mol. The Labute approximate surface area is 116 Å². The highest BCUT2D eigenvalue weighted by molar-refractivity contribution is 5.68. The number of nitrogens with zero attached hydrogens (tertiary/aromatic N) is 1. The van der Waals surface area contributed by atoms with Gasteiger partial charge in [-0.05, 0) is 30.3 Å². The molecule has 102 valence electrons. The molecule has 0 heterocycles. The predicted octanol–water partition coefficient (Wildman–Crippen LogP) is 3.46. The molecule has 5 heteroatoms. The normalized spacial score (nSPS) is 9.70. The molecule has 0 spiro atoms. The van der Waals surface area contributed by atoms with Crippen LogP contribution in [0.15, 0.2) is 36.4 Å². The van der Waals surface area contributed by atoms with Crippen molar-refractivity contribution in [1.29, 1.82) is 5.26 Å². The minimum Gasteiger partial charge on any atom is -0.497 e. The Balaban J connectivity index is 2.36. The lowest BCUT2D eigenvalue weighted by Gasteiger charge is -2.13. The van der Waals surface area contributed by atoms with E-state index in [0.29, 0.717) is 17.2 Å². The maximum absolute atomic E-state index is 13.9. The summed E-state index contributed by atoms with van der Waals surface area (Å²) in [6, 6.07) is 11.3. The second-order valence-corrected chi connectivity index (χ2v) is 4.00. The molecule has 0 atom stereocenters. The molecule has 0 unspecified atom stereocenters. The van der Waals surface area contributed by atoms with Crippen molar-refractivity contribution in [1.82, 2.24) is 0 Å². The summed E-state index contributed by atoms with van der Waals surface area (Å²) in [6.07, 6.45) is 0. The van der Waals surface area contributed by atoms with Gasteiger partial charge >= 0.3 is 0 Å². The smallest absolute Gasteiger partial charge is 0.147 e. The van der Waals surface area contributed by atoms with Crippen molar-refractivity contribution in [3.63, 3.8) is 0 Å². The van der Waals surface area contributed by atoms with Crippen LogP contribution in [0.25, 0.3) is 0 Å². The van der Waals surface area contributed by atoms with E-state index in [4.69, 9.17) is 14.7 Å². The highest BCUT2D eigenvalue weighted by Gasteiger charge is 2.09. The lowest BCUT2D eigenvalue weighted by molar-refractivity contribution is 0.405. The molecule has 4 nitrogen and oxygen atoms in total. The Bertz CT molecular complexity index is 665. The number of benzene rings is 2. The number of anilines is 2. The first-order valence-electron chi connectivity index (χ1n) is 5.86. The summed E-state index contributed by atoms with van der Waals surface area (Å²) in [5.74, 6) is 0.686. The van der Waals surface area contributed by atoms with Gasteiger partial charge in [-0.3, -0.25) is 0 Å². The average Bonchev–Trinajstić information content (AvgIpc) is 2.49. The van der Waals surface area contributed by atoms with Crippen molar-refractivity contribution in [2.24, 2.45) is 0 Å². The van der Waals surface area contributed by atoms with Crippen LogP contribution < -0.4 is 14.8 Å². The molecule has 2 rings (SSSR count). The number of methoxy groups -OCH3 is 2. The Kier molecular flexibility index (Phi) is 4.06. The largest absolute Gasteiger partial charge is 0.497 e. The van der Waals surface area contributed by atoms with Crippen LogP contribution in [0.1, 0.15) is 5.56 Å². The van der Waals surface area contributed by atoms with E-state index in [1.807, 2.05) is 6.07 Å². The lowest BCUT2D eigenvalue weighted by atomic mass is 10.2. The molecule has 2 aromatic rings. The quantitative estimate of drug-likeness (QED) is 0.926. The summed E-state index contributed by atoms with van der Waals surface area (Å²) in [7, 11) is 3.08. The summed E-state index contributed by atoms with van der Waals surface area (Å²) in [5, 5.41) is 11.6. The number of halogens is 1. The van der Waals surface area contributed by atoms with Crippen LogP contribution in [0.3, 0.4) is 0 Å². The van der Waals surface area contributed by atoms with E-state index in [1.54, 1.807) is 25.3 Å². The highest BCUT2D eigenvalue weighted by atomic mass is 19.1. The molecule has 0 radical (unpaired) electrons. The molecular formula is C15H13FN2O2. The van der Waals surface area contributed by atoms with E-state index < -0.39 is 5.82 Å². The van der Waals surface area contributed by atoms with E-state index in [9.17, 15) is 4.39 Å². The molecule has 2 aromatic carbocycles. The van der Waals surface area contributed by atoms with Gasteiger partial charge in [0.1, 0.15) is 17.3 Å². The Morgan fingerprint density at radius 3 is 2.45 bits per heavy atom. The van der Waals surface area contributed by atoms with Gasteiger partial charge in [-0.1, -0.05) is 0 Å². The van der Waals surface area contributed by atoms with E-state index in [1.165, 1.54) is 25.3 Å². The van der Waals surface area contributed by atoms with Crippen LogP contribution >= 0.6 is 0 Å². The van der Waals surface area contributed by atoms with E-state index in [-0.39, 0.29) is 11.3 Å². The van der Waals surface area contributed by atoms with Gasteiger partial charge in [-0.2, -0.15) is 5.26 Å². The molecule has 1 N–H and O–H groups in total. The maximum atomic E-state index is 13.9. The molecule has 0 aliphatic heterocycles. The monoisotopic (exact) mass is 272 g/mol. The van der Waals surface area contributed by atoms with E-state index >= 15 is 0 Å². The summed E-state index contributed by atoms with van der Waals surface area (Å²) >= 11 is 0. The van der Waals surface area contributed by atoms with Crippen molar-refractivity contribution in [3.8, 4) is 17.6 Å². The third-order valence-corrected chi connectivity index (χ3v) is 2.77. The predicted molar refractivity (Wildman–Crippen MR) is 73.9 cm³/mol. The first kappa shape index (κ1) is 13.7. The molecule has 0 amide bonds. The van der Waals surface area contributed by atoms with E-state index in [2.05, 4.69) is 5.32 Å². The van der Waals surface area contributed by atoms with Gasteiger partial charge in [-0.15, -0.1) is 0 Å². The topological polar surface area (TPSA) is 54.3 Å². The van der Waals surface area contributed by atoms with Crippen molar-refractivity contribution in [3.05, 3.63) is 47.8 Å². The molecule has 20 heavy (non-hydrogen) atoms. The number of ether oxygens (including phenoxy) is 2. The van der Waals surface area contributed by atoms with Gasteiger partial charge in [-0.25, -0.2) is 4.39 Å². The van der Waals surface area contributed by atoms with Crippen LogP contribution in [0.4, 0.5) is 15.8 Å². The van der Waals surface area contributed by atoms with Gasteiger partial charge in [0.15, 0.2) is 0 Å². The molecule has 0 saturated carbocycles. The standard InChI is InChI=1S/C15H13FN2O2/c1-19-11-4-6-15(20-2)14(8-11)18-13-5-3-10(9-17)7-12(13)16/h3-8,18H,1-2H3. The van der Waals surface area contributed by atoms with Gasteiger partial charge in [0.25, 0.3) is 0 Å². The third kappa shape index (κ3) is 2.81. The highest BCUT2D eigenvalue weighted by Crippen LogP contribution is 2.32. The van der Waals surface area contributed by atoms with Crippen LogP contribution in [-0.2, 0) is 0 Å². The summed E-state index contributed by atoms with van der Waals surface area (Å²) < 4.78 is 24.2. The van der Waals surface area contributed by atoms with Crippen molar-refractivity contribution in [2.45, 2.75) is 0 Å². The molecule has 0 aliphatic carbocycles. The van der Waals surface area contributed by atoms with Crippen molar-refractivity contribution in [2.75, 3.05) is 19.5 Å². The van der Waals surface area contributed by atoms with Crippen LogP contribution in [0.5, 0.6) is 11.5 Å². The summed E-state index contributed by atoms with van der Waals surface area (Å²) in [6.45, 7) is 0. The average molecular weight is 272 g/mol. The Hall–Kier alpha value is -2.74. The summed E-state index contributed by atoms with van der Waals surface area (Å²) in [4.78, 5) is 0. The number of rotatable bonds is 4. The Morgan fingerprint density at radius 2 is 1.85 bits per heavy atom. The van der Waals surface area contributed by atoms with Crippen molar-refractivity contribution < 1.29 is 13.9 Å². The zero-order valence-electron chi connectivity index (χ0n) is 11.1. The molecule has 0 saturated heterocycles. The first-order chi connectivity index (χ1) is 9.67. The number of nitriles is 1. The molecule has 0 aliphatic rings. The number of nitrogens with one attached hydrogen (secondary N) is 1. The fraction of sp³-hybridized carbons (Fsp3) is 0.133. The second-order valence-electron chi connectivity index (χ2n) is 4.00. The first-order valence-corrected chi connectivity index (χ1v) is 5.86. The lowest BCUT2D eigenvalue weighted by Crippen LogP contribution is -1.98. The molecule has 0 fully saturated rings. The molecule has 0 bridgehead atoms. The maximum Gasteiger partial charge on any atom is 0.147 e. The number of hydrogen-bond donors (Lipinski definition) is 1. The van der Waals surface area contributed by atoms with Crippen LogP contribution in [-0.4, -0.2) is 14.2 Å². The zero-order chi connectivity index (χ0) is 14.5. The zero-order valence-corrected chi connectivity index (χ0v) is 11.1. The molecule has 0 aromatic heterocycles. The minimum atomic E-state index is -0.506. The number of hydrogen-bond acceptors (Lipinski definition) is 4. The van der Waals surface area contributed by atoms with Gasteiger partial charge in [0.05, 0.1) is 37.2 Å². The second kappa shape index (κ2) is 5.93. The van der Waals surface area contributed by atoms with E-state index in [0.717, 1.165) is 0 Å². The fourth-order valence-electron chi connectivity index (χ4n) is 1.74. The van der Waals surface area contributed by atoms with Gasteiger partial charge < -0.3 is 14.8 Å². The summed E-state index contributed by atoms with van der Waals surface area (Å²) in [5.41, 5.74) is 1.11. The third-order valence-electron chi connectivity index (χ3n) is 2.77.